The summed E-state index contributed by atoms with van der Waals surface area (Å²) in [6.45, 7) is 4.01. The number of piperidine rings is 1. The number of nitrogens with one attached hydrogen (secondary N) is 1. The third kappa shape index (κ3) is 2.79. The first-order valence-corrected chi connectivity index (χ1v) is 6.81. The molecule has 0 saturated carbocycles. The van der Waals surface area contributed by atoms with E-state index in [0.717, 1.165) is 42.5 Å². The van der Waals surface area contributed by atoms with Crippen molar-refractivity contribution in [2.24, 2.45) is 0 Å². The minimum atomic E-state index is 0.415. The largest absolute Gasteiger partial charge is 0.316 e. The predicted molar refractivity (Wildman–Crippen MR) is 74.8 cm³/mol. The molecule has 1 aliphatic heterocycles. The van der Waals surface area contributed by atoms with Crippen LogP contribution in [-0.2, 0) is 0 Å². The highest BCUT2D eigenvalue weighted by molar-refractivity contribution is 5.54. The molecule has 1 unspecified atom stereocenters. The fourth-order valence-corrected chi connectivity index (χ4v) is 2.47. The molecule has 0 amide bonds. The van der Waals surface area contributed by atoms with E-state index in [2.05, 4.69) is 20.3 Å². The van der Waals surface area contributed by atoms with Crippen LogP contribution in [0.3, 0.4) is 0 Å². The fraction of sp³-hybridized carbons (Fsp3) is 0.400. The Hall–Kier alpha value is -1.81. The fourth-order valence-electron chi connectivity index (χ4n) is 2.47. The Balaban J connectivity index is 1.96. The van der Waals surface area contributed by atoms with Gasteiger partial charge in [0.1, 0.15) is 11.6 Å². The second-order valence-electron chi connectivity index (χ2n) is 4.97. The third-order valence-electron chi connectivity index (χ3n) is 3.46. The first-order chi connectivity index (χ1) is 9.33. The number of hydrogen-bond acceptors (Lipinski definition) is 4. The zero-order valence-corrected chi connectivity index (χ0v) is 11.1. The third-order valence-corrected chi connectivity index (χ3v) is 3.46. The summed E-state index contributed by atoms with van der Waals surface area (Å²) in [5.41, 5.74) is 1.05. The molecule has 0 spiro atoms. The van der Waals surface area contributed by atoms with Crippen LogP contribution < -0.4 is 5.32 Å². The van der Waals surface area contributed by atoms with Crippen molar-refractivity contribution in [1.82, 2.24) is 20.3 Å². The lowest BCUT2D eigenvalue weighted by Crippen LogP contribution is -2.29. The Morgan fingerprint density at radius 3 is 2.68 bits per heavy atom. The number of aromatic nitrogens is 3. The lowest BCUT2D eigenvalue weighted by molar-refractivity contribution is 0.445. The van der Waals surface area contributed by atoms with Crippen LogP contribution in [0.4, 0.5) is 0 Å². The average molecular weight is 254 g/mol. The van der Waals surface area contributed by atoms with Crippen LogP contribution in [-0.4, -0.2) is 28.0 Å². The van der Waals surface area contributed by atoms with E-state index >= 15 is 0 Å². The van der Waals surface area contributed by atoms with Crippen molar-refractivity contribution in [2.75, 3.05) is 13.1 Å². The van der Waals surface area contributed by atoms with Gasteiger partial charge >= 0.3 is 0 Å². The van der Waals surface area contributed by atoms with Crippen LogP contribution >= 0.6 is 0 Å². The molecule has 19 heavy (non-hydrogen) atoms. The Morgan fingerprint density at radius 2 is 1.95 bits per heavy atom. The molecule has 1 N–H and O–H groups in total. The predicted octanol–water partition coefficient (Wildman–Crippen LogP) is 2.31. The molecule has 3 rings (SSSR count). The van der Waals surface area contributed by atoms with Crippen molar-refractivity contribution in [3.63, 3.8) is 0 Å². The van der Waals surface area contributed by atoms with E-state index in [1.54, 1.807) is 0 Å². The van der Waals surface area contributed by atoms with Gasteiger partial charge in [-0.3, -0.25) is 0 Å². The van der Waals surface area contributed by atoms with Crippen molar-refractivity contribution in [1.29, 1.82) is 0 Å². The number of rotatable bonds is 2. The lowest BCUT2D eigenvalue weighted by atomic mass is 9.99. The first-order valence-electron chi connectivity index (χ1n) is 6.81. The highest BCUT2D eigenvalue weighted by atomic mass is 15.0. The maximum absolute atomic E-state index is 4.67. The summed E-state index contributed by atoms with van der Waals surface area (Å²) >= 11 is 0. The van der Waals surface area contributed by atoms with Gasteiger partial charge in [-0.25, -0.2) is 15.0 Å². The van der Waals surface area contributed by atoms with Crippen molar-refractivity contribution in [3.05, 3.63) is 42.0 Å². The van der Waals surface area contributed by atoms with Crippen molar-refractivity contribution < 1.29 is 0 Å². The molecule has 1 fully saturated rings. The molecule has 2 heterocycles. The van der Waals surface area contributed by atoms with E-state index in [1.807, 2.05) is 37.3 Å². The highest BCUT2D eigenvalue weighted by Crippen LogP contribution is 2.22. The zero-order valence-electron chi connectivity index (χ0n) is 11.1. The lowest BCUT2D eigenvalue weighted by Gasteiger charge is -2.21. The second kappa shape index (κ2) is 5.45. The van der Waals surface area contributed by atoms with Crippen LogP contribution in [0.2, 0.25) is 0 Å². The monoisotopic (exact) mass is 254 g/mol. The van der Waals surface area contributed by atoms with Gasteiger partial charge in [-0.05, 0) is 26.3 Å². The minimum absolute atomic E-state index is 0.415. The van der Waals surface area contributed by atoms with Gasteiger partial charge in [0.2, 0.25) is 0 Å². The minimum Gasteiger partial charge on any atom is -0.316 e. The molecular weight excluding hydrogens is 236 g/mol. The standard InChI is InChI=1S/C15H18N4/c1-11-17-14(12-6-3-2-4-7-12)19-15(18-11)13-8-5-9-16-10-13/h2-4,6-7,13,16H,5,8-10H2,1H3. The van der Waals surface area contributed by atoms with Crippen LogP contribution in [0.25, 0.3) is 11.4 Å². The quantitative estimate of drug-likeness (QED) is 0.893. The van der Waals surface area contributed by atoms with E-state index in [0.29, 0.717) is 5.92 Å². The van der Waals surface area contributed by atoms with Crippen LogP contribution in [0.15, 0.2) is 30.3 Å². The van der Waals surface area contributed by atoms with Crippen LogP contribution in [0.1, 0.15) is 30.4 Å². The van der Waals surface area contributed by atoms with Crippen LogP contribution in [0, 0.1) is 6.92 Å². The van der Waals surface area contributed by atoms with Gasteiger partial charge in [0, 0.05) is 18.0 Å². The summed E-state index contributed by atoms with van der Waals surface area (Å²) in [5.74, 6) is 2.93. The molecule has 0 bridgehead atoms. The Labute approximate surface area is 113 Å². The van der Waals surface area contributed by atoms with E-state index in [1.165, 1.54) is 6.42 Å². The zero-order chi connectivity index (χ0) is 13.1. The van der Waals surface area contributed by atoms with E-state index < -0.39 is 0 Å². The van der Waals surface area contributed by atoms with Gasteiger partial charge in [0.25, 0.3) is 0 Å². The Bertz CT molecular complexity index is 547. The molecule has 1 atom stereocenters. The van der Waals surface area contributed by atoms with Gasteiger partial charge in [-0.2, -0.15) is 0 Å². The first kappa shape index (κ1) is 12.2. The number of aryl methyl sites for hydroxylation is 1. The van der Waals surface area contributed by atoms with Crippen molar-refractivity contribution in [2.45, 2.75) is 25.7 Å². The molecule has 98 valence electrons. The molecule has 1 aromatic heterocycles. The SMILES string of the molecule is Cc1nc(-c2ccccc2)nc(C2CCCNC2)n1. The molecule has 0 aliphatic carbocycles. The molecule has 1 saturated heterocycles. The normalized spacial score (nSPS) is 19.3. The summed E-state index contributed by atoms with van der Waals surface area (Å²) in [6, 6.07) is 10.1. The Morgan fingerprint density at radius 1 is 1.11 bits per heavy atom. The maximum Gasteiger partial charge on any atom is 0.163 e. The second-order valence-corrected chi connectivity index (χ2v) is 4.97. The van der Waals surface area contributed by atoms with Crippen molar-refractivity contribution >= 4 is 0 Å². The smallest absolute Gasteiger partial charge is 0.163 e. The molecule has 4 heteroatoms. The van der Waals surface area contributed by atoms with E-state index in [4.69, 9.17) is 0 Å². The maximum atomic E-state index is 4.67. The topological polar surface area (TPSA) is 50.7 Å². The van der Waals surface area contributed by atoms with Crippen molar-refractivity contribution in [3.8, 4) is 11.4 Å². The summed E-state index contributed by atoms with van der Waals surface area (Å²) in [4.78, 5) is 13.6. The molecular formula is C15H18N4. The summed E-state index contributed by atoms with van der Waals surface area (Å²) in [7, 11) is 0. The molecule has 0 radical (unpaired) electrons. The summed E-state index contributed by atoms with van der Waals surface area (Å²) in [5, 5.41) is 3.41. The Kier molecular flexibility index (Phi) is 3.51. The summed E-state index contributed by atoms with van der Waals surface area (Å²) in [6.07, 6.45) is 2.35. The van der Waals surface area contributed by atoms with Gasteiger partial charge in [-0.15, -0.1) is 0 Å². The number of benzene rings is 1. The molecule has 2 aromatic rings. The molecule has 4 nitrogen and oxygen atoms in total. The van der Waals surface area contributed by atoms with Crippen LogP contribution in [0.5, 0.6) is 0 Å². The molecule has 1 aromatic carbocycles. The van der Waals surface area contributed by atoms with Gasteiger partial charge in [-0.1, -0.05) is 30.3 Å². The molecule has 1 aliphatic rings. The van der Waals surface area contributed by atoms with Gasteiger partial charge < -0.3 is 5.32 Å². The average Bonchev–Trinajstić information content (AvgIpc) is 2.48. The van der Waals surface area contributed by atoms with E-state index in [-0.39, 0.29) is 0 Å². The number of nitrogens with zero attached hydrogens (tertiary/aromatic N) is 3. The summed E-state index contributed by atoms with van der Waals surface area (Å²) < 4.78 is 0. The highest BCUT2D eigenvalue weighted by Gasteiger charge is 2.19. The van der Waals surface area contributed by atoms with Gasteiger partial charge in [0.05, 0.1) is 0 Å². The van der Waals surface area contributed by atoms with Gasteiger partial charge in [0.15, 0.2) is 5.82 Å². The van der Waals surface area contributed by atoms with E-state index in [9.17, 15) is 0 Å². The number of hydrogen-bond donors (Lipinski definition) is 1.